The molecule has 0 radical (unpaired) electrons. The number of rotatable bonds is 3. The Kier molecular flexibility index (Phi) is 3.42. The molecule has 0 aromatic carbocycles. The van der Waals surface area contributed by atoms with Crippen LogP contribution in [0.1, 0.15) is 55.1 Å². The normalized spacial score (nSPS) is 28.1. The highest BCUT2D eigenvalue weighted by atomic mass is 32.1. The van der Waals surface area contributed by atoms with E-state index in [1.807, 2.05) is 17.5 Å². The zero-order chi connectivity index (χ0) is 12.5. The molecule has 1 aromatic heterocycles. The molecule has 0 atom stereocenters. The number of carbonyl (C=O) groups is 1. The number of hydrogen-bond donors (Lipinski definition) is 0. The Morgan fingerprint density at radius 3 is 2.28 bits per heavy atom. The van der Waals surface area contributed by atoms with E-state index in [-0.39, 0.29) is 5.91 Å². The van der Waals surface area contributed by atoms with Gasteiger partial charge in [-0.2, -0.15) is 0 Å². The van der Waals surface area contributed by atoms with Gasteiger partial charge in [-0.25, -0.2) is 0 Å². The van der Waals surface area contributed by atoms with Gasteiger partial charge in [0.15, 0.2) is 0 Å². The van der Waals surface area contributed by atoms with E-state index < -0.39 is 0 Å². The van der Waals surface area contributed by atoms with Gasteiger partial charge in [-0.05, 0) is 55.9 Å². The van der Waals surface area contributed by atoms with E-state index >= 15 is 0 Å². The first-order chi connectivity index (χ1) is 8.75. The van der Waals surface area contributed by atoms with Crippen LogP contribution in [0.5, 0.6) is 0 Å². The zero-order valence-corrected chi connectivity index (χ0v) is 11.8. The Morgan fingerprint density at radius 2 is 1.78 bits per heavy atom. The van der Waals surface area contributed by atoms with Crippen molar-refractivity contribution in [3.63, 3.8) is 0 Å². The molecule has 0 aliphatic heterocycles. The third-order valence-corrected chi connectivity index (χ3v) is 5.14. The molecule has 2 aliphatic rings. The number of hydrogen-bond acceptors (Lipinski definition) is 2. The van der Waals surface area contributed by atoms with E-state index in [0.29, 0.717) is 12.1 Å². The Bertz CT molecular complexity index is 402. The Hall–Kier alpha value is -0.830. The van der Waals surface area contributed by atoms with Crippen LogP contribution >= 0.6 is 11.3 Å². The highest BCUT2D eigenvalue weighted by molar-refractivity contribution is 7.12. The van der Waals surface area contributed by atoms with Crippen molar-refractivity contribution in [1.82, 2.24) is 4.90 Å². The summed E-state index contributed by atoms with van der Waals surface area (Å²) in [6.07, 6.45) is 7.40. The maximum absolute atomic E-state index is 12.6. The summed E-state index contributed by atoms with van der Waals surface area (Å²) < 4.78 is 0. The van der Waals surface area contributed by atoms with Gasteiger partial charge >= 0.3 is 0 Å². The van der Waals surface area contributed by atoms with Gasteiger partial charge in [0.1, 0.15) is 0 Å². The molecule has 98 valence electrons. The van der Waals surface area contributed by atoms with Gasteiger partial charge in [-0.15, -0.1) is 11.3 Å². The minimum atomic E-state index is 0.284. The van der Waals surface area contributed by atoms with Crippen LogP contribution in [0.4, 0.5) is 0 Å². The van der Waals surface area contributed by atoms with Crippen LogP contribution in [0.25, 0.3) is 0 Å². The molecule has 3 heteroatoms. The lowest BCUT2D eigenvalue weighted by Gasteiger charge is -2.36. The maximum Gasteiger partial charge on any atom is 0.264 e. The summed E-state index contributed by atoms with van der Waals surface area (Å²) in [5.74, 6) is 1.13. The van der Waals surface area contributed by atoms with Crippen molar-refractivity contribution in [1.29, 1.82) is 0 Å². The van der Waals surface area contributed by atoms with Crippen LogP contribution < -0.4 is 0 Å². The predicted molar refractivity (Wildman–Crippen MR) is 74.9 cm³/mol. The summed E-state index contributed by atoms with van der Waals surface area (Å²) in [5.41, 5.74) is 0. The Balaban J connectivity index is 1.74. The minimum absolute atomic E-state index is 0.284. The highest BCUT2D eigenvalue weighted by Gasteiger charge is 2.38. The fourth-order valence-corrected chi connectivity index (χ4v) is 3.70. The average molecular weight is 263 g/mol. The van der Waals surface area contributed by atoms with Crippen molar-refractivity contribution in [2.75, 3.05) is 0 Å². The van der Waals surface area contributed by atoms with Gasteiger partial charge in [-0.3, -0.25) is 4.79 Å². The SMILES string of the molecule is CC1CCC(N(C(=O)c2cccs2)C2CC2)CC1. The maximum atomic E-state index is 12.6. The molecule has 0 unspecified atom stereocenters. The second-order valence-corrected chi connectivity index (χ2v) is 6.78. The van der Waals surface area contributed by atoms with Crippen molar-refractivity contribution < 1.29 is 4.79 Å². The van der Waals surface area contributed by atoms with E-state index in [4.69, 9.17) is 0 Å². The molecule has 2 fully saturated rings. The van der Waals surface area contributed by atoms with Crippen LogP contribution in [-0.4, -0.2) is 22.9 Å². The highest BCUT2D eigenvalue weighted by Crippen LogP contribution is 2.36. The third-order valence-electron chi connectivity index (χ3n) is 4.29. The van der Waals surface area contributed by atoms with Gasteiger partial charge in [0, 0.05) is 12.1 Å². The van der Waals surface area contributed by atoms with E-state index in [0.717, 1.165) is 10.8 Å². The first-order valence-corrected chi connectivity index (χ1v) is 8.00. The first-order valence-electron chi connectivity index (χ1n) is 7.12. The standard InChI is InChI=1S/C15H21NOS/c1-11-4-6-12(7-5-11)16(13-8-9-13)15(17)14-3-2-10-18-14/h2-3,10-13H,4-9H2,1H3. The fraction of sp³-hybridized carbons (Fsp3) is 0.667. The minimum Gasteiger partial charge on any atom is -0.332 e. The van der Waals surface area contributed by atoms with Crippen LogP contribution in [0, 0.1) is 5.92 Å². The molecule has 18 heavy (non-hydrogen) atoms. The Morgan fingerprint density at radius 1 is 1.17 bits per heavy atom. The van der Waals surface area contributed by atoms with Crippen molar-refractivity contribution in [2.24, 2.45) is 5.92 Å². The Labute approximate surface area is 113 Å². The summed E-state index contributed by atoms with van der Waals surface area (Å²) in [6.45, 7) is 2.33. The topological polar surface area (TPSA) is 20.3 Å². The quantitative estimate of drug-likeness (QED) is 0.809. The number of thiophene rings is 1. The molecule has 3 rings (SSSR count). The molecule has 0 spiro atoms. The van der Waals surface area contributed by atoms with Gasteiger partial charge < -0.3 is 4.90 Å². The third kappa shape index (κ3) is 2.46. The predicted octanol–water partition coefficient (Wildman–Crippen LogP) is 3.93. The summed E-state index contributed by atoms with van der Waals surface area (Å²) in [5, 5.41) is 2.00. The molecule has 1 heterocycles. The summed E-state index contributed by atoms with van der Waals surface area (Å²) in [6, 6.07) is 4.99. The summed E-state index contributed by atoms with van der Waals surface area (Å²) in [4.78, 5) is 15.7. The van der Waals surface area contributed by atoms with E-state index in [9.17, 15) is 4.79 Å². The summed E-state index contributed by atoms with van der Waals surface area (Å²) in [7, 11) is 0. The first kappa shape index (κ1) is 12.2. The van der Waals surface area contributed by atoms with E-state index in [1.54, 1.807) is 11.3 Å². The van der Waals surface area contributed by atoms with Gasteiger partial charge in [0.05, 0.1) is 4.88 Å². The van der Waals surface area contributed by atoms with E-state index in [1.165, 1.54) is 38.5 Å². The largest absolute Gasteiger partial charge is 0.332 e. The molecule has 0 saturated heterocycles. The van der Waals surface area contributed by atoms with Crippen LogP contribution in [0.2, 0.25) is 0 Å². The van der Waals surface area contributed by atoms with Crippen molar-refractivity contribution >= 4 is 17.2 Å². The van der Waals surface area contributed by atoms with Crippen molar-refractivity contribution in [2.45, 2.75) is 57.5 Å². The molecule has 1 aromatic rings. The second kappa shape index (κ2) is 5.04. The number of carbonyl (C=O) groups excluding carboxylic acids is 1. The summed E-state index contributed by atoms with van der Waals surface area (Å²) >= 11 is 1.58. The van der Waals surface area contributed by atoms with Crippen LogP contribution in [-0.2, 0) is 0 Å². The lowest BCUT2D eigenvalue weighted by atomic mass is 9.86. The van der Waals surface area contributed by atoms with Crippen LogP contribution in [0.15, 0.2) is 17.5 Å². The average Bonchev–Trinajstić information content (AvgIpc) is 3.05. The van der Waals surface area contributed by atoms with Gasteiger partial charge in [0.25, 0.3) is 5.91 Å². The van der Waals surface area contributed by atoms with Crippen LogP contribution in [0.3, 0.4) is 0 Å². The molecular weight excluding hydrogens is 242 g/mol. The second-order valence-electron chi connectivity index (χ2n) is 5.83. The van der Waals surface area contributed by atoms with Crippen molar-refractivity contribution in [3.8, 4) is 0 Å². The molecule has 1 amide bonds. The van der Waals surface area contributed by atoms with Gasteiger partial charge in [-0.1, -0.05) is 13.0 Å². The van der Waals surface area contributed by atoms with Gasteiger partial charge in [0.2, 0.25) is 0 Å². The number of amides is 1. The monoisotopic (exact) mass is 263 g/mol. The molecule has 0 bridgehead atoms. The van der Waals surface area contributed by atoms with E-state index in [2.05, 4.69) is 11.8 Å². The molecule has 2 nitrogen and oxygen atoms in total. The molecule has 2 aliphatic carbocycles. The molecule has 2 saturated carbocycles. The smallest absolute Gasteiger partial charge is 0.264 e. The number of nitrogens with zero attached hydrogens (tertiary/aromatic N) is 1. The molecule has 0 N–H and O–H groups in total. The fourth-order valence-electron chi connectivity index (χ4n) is 3.03. The zero-order valence-electron chi connectivity index (χ0n) is 11.0. The molecular formula is C15H21NOS. The van der Waals surface area contributed by atoms with Crippen molar-refractivity contribution in [3.05, 3.63) is 22.4 Å². The lowest BCUT2D eigenvalue weighted by Crippen LogP contribution is -2.43. The lowest BCUT2D eigenvalue weighted by molar-refractivity contribution is 0.0598.